The molecule has 13 heavy (non-hydrogen) atoms. The minimum absolute atomic E-state index is 0.417. The van der Waals surface area contributed by atoms with Crippen LogP contribution in [0.5, 0.6) is 0 Å². The first-order valence-electron chi connectivity index (χ1n) is 3.93. The van der Waals surface area contributed by atoms with Gasteiger partial charge in [0, 0.05) is 5.56 Å². The quantitative estimate of drug-likeness (QED) is 0.602. The number of benzene rings is 1. The van der Waals surface area contributed by atoms with Gasteiger partial charge in [-0.25, -0.2) is 0 Å². The Morgan fingerprint density at radius 3 is 2.00 bits per heavy atom. The Morgan fingerprint density at radius 2 is 1.62 bits per heavy atom. The fourth-order valence-electron chi connectivity index (χ4n) is 1.00. The number of hydrogen-bond donors (Lipinski definition) is 1. The molecule has 4 heteroatoms. The molecule has 0 unspecified atom stereocenters. The van der Waals surface area contributed by atoms with Gasteiger partial charge in [-0.3, -0.25) is 0 Å². The average Bonchev–Trinajstić information content (AvgIpc) is 2.06. The van der Waals surface area contributed by atoms with Gasteiger partial charge in [-0.1, -0.05) is 30.3 Å². The Balaban J connectivity index is 0.000000424. The van der Waals surface area contributed by atoms with Gasteiger partial charge in [0.05, 0.1) is 25.4 Å². The van der Waals surface area contributed by atoms with E-state index in [1.165, 1.54) is 10.5 Å². The summed E-state index contributed by atoms with van der Waals surface area (Å²) in [6.45, 7) is 1.11. The Labute approximate surface area is 82.7 Å². The van der Waals surface area contributed by atoms with Crippen molar-refractivity contribution >= 4 is 0 Å². The molecule has 0 radical (unpaired) electrons. The van der Waals surface area contributed by atoms with E-state index >= 15 is 0 Å². The van der Waals surface area contributed by atoms with E-state index in [2.05, 4.69) is 44.4 Å². The summed E-state index contributed by atoms with van der Waals surface area (Å²) in [5.41, 5.74) is 1.41. The molecule has 0 atom stereocenters. The predicted octanol–water partition coefficient (Wildman–Crippen LogP) is -2.05. The van der Waals surface area contributed by atoms with Gasteiger partial charge in [-0.15, -0.1) is 0 Å². The van der Waals surface area contributed by atoms with Gasteiger partial charge in [0.1, 0.15) is 6.54 Å². The SMILES string of the molecule is C[NH+](C)Cc1ccccc1.[O-][Cl+][O-]. The predicted molar refractivity (Wildman–Crippen MR) is 43.0 cm³/mol. The molecular formula is C9H14ClNO2. The van der Waals surface area contributed by atoms with E-state index < -0.39 is 11.3 Å². The summed E-state index contributed by atoms with van der Waals surface area (Å²) in [5, 5.41) is 0. The monoisotopic (exact) mass is 203 g/mol. The van der Waals surface area contributed by atoms with E-state index in [1.807, 2.05) is 0 Å². The molecule has 0 heterocycles. The second kappa shape index (κ2) is 8.01. The summed E-state index contributed by atoms with van der Waals surface area (Å²) in [7, 11) is 4.32. The zero-order valence-corrected chi connectivity index (χ0v) is 8.54. The second-order valence-corrected chi connectivity index (χ2v) is 3.06. The highest BCUT2D eigenvalue weighted by atomic mass is 35.6. The first kappa shape index (κ1) is 12.4. The molecule has 1 aromatic rings. The van der Waals surface area contributed by atoms with Crippen molar-refractivity contribution in [3.63, 3.8) is 0 Å². The molecule has 1 rings (SSSR count). The zero-order valence-electron chi connectivity index (χ0n) is 7.79. The van der Waals surface area contributed by atoms with Crippen LogP contribution in [0.1, 0.15) is 5.56 Å². The molecule has 0 saturated heterocycles. The first-order chi connectivity index (χ1) is 6.20. The molecule has 3 nitrogen and oxygen atoms in total. The van der Waals surface area contributed by atoms with Crippen LogP contribution in [0.3, 0.4) is 0 Å². The van der Waals surface area contributed by atoms with Crippen LogP contribution in [0, 0.1) is 11.3 Å². The summed E-state index contributed by atoms with van der Waals surface area (Å²) >= 11 is -0.417. The van der Waals surface area contributed by atoms with E-state index in [9.17, 15) is 0 Å². The lowest BCUT2D eigenvalue weighted by Crippen LogP contribution is -3.04. The maximum absolute atomic E-state index is 8.24. The lowest BCUT2D eigenvalue weighted by Gasteiger charge is -2.05. The van der Waals surface area contributed by atoms with Gasteiger partial charge < -0.3 is 14.2 Å². The maximum Gasteiger partial charge on any atom is 0.102 e. The van der Waals surface area contributed by atoms with Crippen LogP contribution >= 0.6 is 0 Å². The Kier molecular flexibility index (Phi) is 7.63. The van der Waals surface area contributed by atoms with Crippen molar-refractivity contribution in [2.75, 3.05) is 14.1 Å². The van der Waals surface area contributed by atoms with Crippen molar-refractivity contribution in [1.29, 1.82) is 0 Å². The number of quaternary nitrogens is 1. The highest BCUT2D eigenvalue weighted by molar-refractivity contribution is 5.12. The molecular weight excluding hydrogens is 190 g/mol. The Bertz CT molecular complexity index is 204. The van der Waals surface area contributed by atoms with Crippen LogP contribution in [0.2, 0.25) is 0 Å². The van der Waals surface area contributed by atoms with Crippen molar-refractivity contribution in [3.05, 3.63) is 35.9 Å². The number of halogens is 1. The number of nitrogens with one attached hydrogen (secondary N) is 1. The van der Waals surface area contributed by atoms with Crippen molar-refractivity contribution in [2.45, 2.75) is 6.54 Å². The normalized spacial score (nSPS) is 9.31. The van der Waals surface area contributed by atoms with Gasteiger partial charge in [0.15, 0.2) is 0 Å². The molecule has 0 aromatic heterocycles. The van der Waals surface area contributed by atoms with Crippen LogP contribution in [-0.2, 0) is 6.54 Å². The molecule has 0 aliphatic rings. The van der Waals surface area contributed by atoms with Gasteiger partial charge in [-0.2, -0.15) is 0 Å². The van der Waals surface area contributed by atoms with E-state index in [1.54, 1.807) is 0 Å². The molecule has 74 valence electrons. The molecule has 0 aliphatic heterocycles. The molecule has 0 fully saturated rings. The topological polar surface area (TPSA) is 50.6 Å². The fourth-order valence-corrected chi connectivity index (χ4v) is 1.00. The third-order valence-corrected chi connectivity index (χ3v) is 1.40. The van der Waals surface area contributed by atoms with Crippen molar-refractivity contribution < 1.29 is 25.5 Å². The molecule has 0 amide bonds. The van der Waals surface area contributed by atoms with Gasteiger partial charge in [-0.05, 0) is 0 Å². The molecule has 0 aliphatic carbocycles. The van der Waals surface area contributed by atoms with Crippen molar-refractivity contribution in [3.8, 4) is 0 Å². The largest absolute Gasteiger partial charge is 0.544 e. The van der Waals surface area contributed by atoms with E-state index in [-0.39, 0.29) is 0 Å². The van der Waals surface area contributed by atoms with Crippen LogP contribution in [0.4, 0.5) is 0 Å². The first-order valence-corrected chi connectivity index (χ1v) is 4.54. The minimum atomic E-state index is -0.417. The zero-order chi connectivity index (χ0) is 10.1. The third-order valence-electron chi connectivity index (χ3n) is 1.40. The summed E-state index contributed by atoms with van der Waals surface area (Å²) in [6, 6.07) is 10.5. The van der Waals surface area contributed by atoms with Gasteiger partial charge in [0.25, 0.3) is 0 Å². The van der Waals surface area contributed by atoms with Crippen molar-refractivity contribution in [2.24, 2.45) is 0 Å². The summed E-state index contributed by atoms with van der Waals surface area (Å²) in [6.07, 6.45) is 0. The van der Waals surface area contributed by atoms with Crippen molar-refractivity contribution in [1.82, 2.24) is 0 Å². The maximum atomic E-state index is 8.24. The van der Waals surface area contributed by atoms with Crippen LogP contribution in [-0.4, -0.2) is 14.1 Å². The van der Waals surface area contributed by atoms with Crippen LogP contribution in [0.15, 0.2) is 30.3 Å². The number of rotatable bonds is 2. The molecule has 0 saturated carbocycles. The minimum Gasteiger partial charge on any atom is -0.544 e. The van der Waals surface area contributed by atoms with Crippen LogP contribution < -0.4 is 14.2 Å². The number of hydrogen-bond acceptors (Lipinski definition) is 2. The second-order valence-electron chi connectivity index (χ2n) is 2.93. The van der Waals surface area contributed by atoms with E-state index in [0.29, 0.717) is 0 Å². The molecule has 0 bridgehead atoms. The molecule has 1 aromatic carbocycles. The Hall–Kier alpha value is -0.610. The summed E-state index contributed by atoms with van der Waals surface area (Å²) in [4.78, 5) is 1.46. The fraction of sp³-hybridized carbons (Fsp3) is 0.333. The lowest BCUT2D eigenvalue weighted by molar-refractivity contribution is -1.41. The lowest BCUT2D eigenvalue weighted by atomic mass is 10.2. The van der Waals surface area contributed by atoms with Gasteiger partial charge >= 0.3 is 0 Å². The van der Waals surface area contributed by atoms with Gasteiger partial charge in [0.2, 0.25) is 0 Å². The third kappa shape index (κ3) is 7.74. The standard InChI is InChI=1S/C9H13N.ClO2/c1-10(2)8-9-6-4-3-5-7-9;2-1-3/h3-7H,8H2,1-2H3;/q;-1/p+1. The highest BCUT2D eigenvalue weighted by Crippen LogP contribution is 1.94. The molecule has 1 N–H and O–H groups in total. The van der Waals surface area contributed by atoms with E-state index in [4.69, 9.17) is 9.32 Å². The molecule has 0 spiro atoms. The average molecular weight is 204 g/mol. The van der Waals surface area contributed by atoms with Crippen LogP contribution in [0.25, 0.3) is 0 Å². The summed E-state index contributed by atoms with van der Waals surface area (Å²) in [5.74, 6) is 0. The Morgan fingerprint density at radius 1 is 1.15 bits per heavy atom. The smallest absolute Gasteiger partial charge is 0.102 e. The summed E-state index contributed by atoms with van der Waals surface area (Å²) < 4.78 is 16.5. The highest BCUT2D eigenvalue weighted by Gasteiger charge is 1.93. The van der Waals surface area contributed by atoms with E-state index in [0.717, 1.165) is 6.54 Å².